The Morgan fingerprint density at radius 3 is 2.12 bits per heavy atom. The molecular weight excluding hydrogens is 661 g/mol. The summed E-state index contributed by atoms with van der Waals surface area (Å²) in [6, 6.07) is 22.2. The molecule has 1 unspecified atom stereocenters. The highest BCUT2D eigenvalue weighted by molar-refractivity contribution is 5.80. The number of carbonyl (C=O) groups excluding carboxylic acids is 1. The predicted octanol–water partition coefficient (Wildman–Crippen LogP) is 5.82. The average Bonchev–Trinajstić information content (AvgIpc) is 3.68. The van der Waals surface area contributed by atoms with Crippen LogP contribution in [0.2, 0.25) is 0 Å². The number of ether oxygens (including phenoxy) is 4. The minimum atomic E-state index is -5.08. The lowest BCUT2D eigenvalue weighted by Crippen LogP contribution is -2.43. The third-order valence-corrected chi connectivity index (χ3v) is 8.38. The topological polar surface area (TPSA) is 144 Å². The average molecular weight is 703 g/mol. The molecule has 2 heterocycles. The van der Waals surface area contributed by atoms with Crippen LogP contribution in [-0.4, -0.2) is 79.3 Å². The van der Waals surface area contributed by atoms with Crippen LogP contribution in [0.4, 0.5) is 13.2 Å². The number of hydrogen-bond acceptors (Lipinski definition) is 8. The van der Waals surface area contributed by atoms with Gasteiger partial charge in [-0.1, -0.05) is 69.3 Å². The van der Waals surface area contributed by atoms with E-state index in [2.05, 4.69) is 26.1 Å². The van der Waals surface area contributed by atoms with Crippen molar-refractivity contribution in [1.82, 2.24) is 10.2 Å². The van der Waals surface area contributed by atoms with Crippen LogP contribution < -0.4 is 19.5 Å². The van der Waals surface area contributed by atoms with Gasteiger partial charge in [-0.2, -0.15) is 13.2 Å². The third-order valence-electron chi connectivity index (χ3n) is 8.38. The molecule has 5 rings (SSSR count). The van der Waals surface area contributed by atoms with Crippen molar-refractivity contribution in [2.24, 2.45) is 11.3 Å². The summed E-state index contributed by atoms with van der Waals surface area (Å²) >= 11 is 0. The van der Waals surface area contributed by atoms with Crippen molar-refractivity contribution in [1.29, 1.82) is 0 Å². The maximum atomic E-state index is 13.7. The van der Waals surface area contributed by atoms with Crippen LogP contribution in [0.5, 0.6) is 17.2 Å². The Morgan fingerprint density at radius 1 is 0.920 bits per heavy atom. The second kappa shape index (κ2) is 16.3. The molecule has 3 N–H and O–H groups in total. The fourth-order valence-electron chi connectivity index (χ4n) is 6.11. The molecule has 11 nitrogen and oxygen atoms in total. The molecule has 1 fully saturated rings. The number of likely N-dealkylation sites (tertiary alicyclic amines) is 1. The molecule has 0 aliphatic carbocycles. The first kappa shape index (κ1) is 38.0. The lowest BCUT2D eigenvalue weighted by molar-refractivity contribution is -0.192. The van der Waals surface area contributed by atoms with Gasteiger partial charge in [0, 0.05) is 25.6 Å². The summed E-state index contributed by atoms with van der Waals surface area (Å²) in [7, 11) is 1.61. The first-order valence-corrected chi connectivity index (χ1v) is 15.8. The summed E-state index contributed by atoms with van der Waals surface area (Å²) in [5.74, 6) is -3.12. The summed E-state index contributed by atoms with van der Waals surface area (Å²) in [5.41, 5.74) is 2.42. The molecule has 0 saturated carbocycles. The Bertz CT molecular complexity index is 1610. The van der Waals surface area contributed by atoms with Gasteiger partial charge >= 0.3 is 18.1 Å². The molecule has 0 radical (unpaired) electrons. The van der Waals surface area contributed by atoms with Crippen molar-refractivity contribution in [3.05, 3.63) is 89.5 Å². The monoisotopic (exact) mass is 702 g/mol. The smallest absolute Gasteiger partial charge is 0.490 e. The highest BCUT2D eigenvalue weighted by Crippen LogP contribution is 2.48. The van der Waals surface area contributed by atoms with Gasteiger partial charge in [0.25, 0.3) is 0 Å². The summed E-state index contributed by atoms with van der Waals surface area (Å²) in [4.78, 5) is 37.5. The molecule has 3 aromatic rings. The zero-order valence-electron chi connectivity index (χ0n) is 28.1. The molecule has 1 saturated heterocycles. The summed E-state index contributed by atoms with van der Waals surface area (Å²) in [6.07, 6.45) is -5.08. The second-order valence-electron chi connectivity index (χ2n) is 12.9. The van der Waals surface area contributed by atoms with E-state index in [1.165, 1.54) is 0 Å². The summed E-state index contributed by atoms with van der Waals surface area (Å²) in [6.45, 7) is 7.71. The van der Waals surface area contributed by atoms with E-state index in [0.717, 1.165) is 16.7 Å². The third kappa shape index (κ3) is 9.66. The Labute approximate surface area is 287 Å². The second-order valence-corrected chi connectivity index (χ2v) is 12.9. The number of halogens is 3. The number of carboxylic acid groups (broad SMARTS) is 2. The van der Waals surface area contributed by atoms with Crippen LogP contribution in [0.25, 0.3) is 0 Å². The molecule has 50 heavy (non-hydrogen) atoms. The molecule has 0 bridgehead atoms. The van der Waals surface area contributed by atoms with E-state index in [1.54, 1.807) is 7.11 Å². The van der Waals surface area contributed by atoms with E-state index in [9.17, 15) is 27.9 Å². The first-order valence-electron chi connectivity index (χ1n) is 15.8. The number of aliphatic carboxylic acids is 2. The number of fused-ring (bicyclic) bond motifs is 1. The Hall–Kier alpha value is -4.82. The van der Waals surface area contributed by atoms with Gasteiger partial charge in [-0.05, 0) is 46.4 Å². The number of rotatable bonds is 11. The van der Waals surface area contributed by atoms with Gasteiger partial charge in [-0.25, -0.2) is 4.79 Å². The van der Waals surface area contributed by atoms with E-state index in [0.29, 0.717) is 37.0 Å². The Balaban J connectivity index is 0.000000727. The minimum Gasteiger partial charge on any atom is -0.491 e. The van der Waals surface area contributed by atoms with Gasteiger partial charge in [0.1, 0.15) is 12.4 Å². The first-order chi connectivity index (χ1) is 23.6. The molecule has 14 heteroatoms. The fourth-order valence-corrected chi connectivity index (χ4v) is 6.11. The zero-order chi connectivity index (χ0) is 36.6. The summed E-state index contributed by atoms with van der Waals surface area (Å²) < 4.78 is 53.6. The van der Waals surface area contributed by atoms with Gasteiger partial charge in [0.2, 0.25) is 12.7 Å². The van der Waals surface area contributed by atoms with Crippen LogP contribution in [0.1, 0.15) is 55.5 Å². The van der Waals surface area contributed by atoms with Gasteiger partial charge in [0.05, 0.1) is 25.1 Å². The highest BCUT2D eigenvalue weighted by Gasteiger charge is 2.48. The van der Waals surface area contributed by atoms with Crippen LogP contribution in [0.3, 0.4) is 0 Å². The predicted molar refractivity (Wildman–Crippen MR) is 175 cm³/mol. The van der Waals surface area contributed by atoms with Crippen LogP contribution in [0.15, 0.2) is 72.8 Å². The van der Waals surface area contributed by atoms with E-state index < -0.39 is 30.1 Å². The number of methoxy groups -OCH3 is 1. The molecule has 0 spiro atoms. The SMILES string of the molecule is COCCOc1ccc([C@H]2[C@H](C(=O)O)[C@@H](c3ccc4c(c3)OCO4)CN2CC(=O)NC(c2ccccc2)C(C)(C)C)cc1.O=C(O)C(F)(F)F. The molecule has 2 aliphatic heterocycles. The summed E-state index contributed by atoms with van der Waals surface area (Å²) in [5, 5.41) is 21.0. The molecule has 4 atom stereocenters. The lowest BCUT2D eigenvalue weighted by Gasteiger charge is -2.33. The van der Waals surface area contributed by atoms with Gasteiger partial charge in [0.15, 0.2) is 11.5 Å². The highest BCUT2D eigenvalue weighted by atomic mass is 19.4. The molecule has 0 aromatic heterocycles. The van der Waals surface area contributed by atoms with E-state index in [1.807, 2.05) is 77.7 Å². The largest absolute Gasteiger partial charge is 0.491 e. The zero-order valence-corrected chi connectivity index (χ0v) is 28.1. The maximum absolute atomic E-state index is 13.7. The van der Waals surface area contributed by atoms with Gasteiger partial charge < -0.3 is 34.5 Å². The van der Waals surface area contributed by atoms with Crippen molar-refractivity contribution >= 4 is 17.8 Å². The number of benzene rings is 3. The van der Waals surface area contributed by atoms with Crippen LogP contribution >= 0.6 is 0 Å². The van der Waals surface area contributed by atoms with Gasteiger partial charge in [-0.3, -0.25) is 14.5 Å². The number of carboxylic acids is 2. The van der Waals surface area contributed by atoms with Crippen LogP contribution in [-0.2, 0) is 19.1 Å². The standard InChI is InChI=1S/C34H40N2O7.C2HF3O2/c1-34(2,3)32(23-8-6-5-7-9-23)35-29(37)20-36-19-26(24-12-15-27-28(18-24)43-21-42-27)30(33(38)39)31(36)22-10-13-25(14-11-22)41-17-16-40-4;3-2(4,5)1(6)7/h5-15,18,26,30-32H,16-17,19-21H2,1-4H3,(H,35,37)(H,38,39);(H,6,7)/t26-,30-,31+,32?;/m1./s1. The number of alkyl halides is 3. The fraction of sp³-hybridized carbons (Fsp3) is 0.417. The van der Waals surface area contributed by atoms with Crippen molar-refractivity contribution in [2.45, 2.75) is 44.9 Å². The number of nitrogens with one attached hydrogen (secondary N) is 1. The molecule has 2 aliphatic rings. The van der Waals surface area contributed by atoms with Crippen LogP contribution in [0, 0.1) is 11.3 Å². The van der Waals surface area contributed by atoms with Gasteiger partial charge in [-0.15, -0.1) is 0 Å². The molecule has 3 aromatic carbocycles. The van der Waals surface area contributed by atoms with E-state index in [4.69, 9.17) is 28.8 Å². The molecular formula is C36H41F3N2O9. The Morgan fingerprint density at radius 2 is 1.54 bits per heavy atom. The van der Waals surface area contributed by atoms with Crippen molar-refractivity contribution < 1.29 is 56.7 Å². The van der Waals surface area contributed by atoms with Crippen molar-refractivity contribution in [2.75, 3.05) is 40.2 Å². The number of nitrogens with zero attached hydrogens (tertiary/aromatic N) is 1. The minimum absolute atomic E-state index is 0.0427. The lowest BCUT2D eigenvalue weighted by atomic mass is 9.82. The number of amides is 1. The van der Waals surface area contributed by atoms with Crippen molar-refractivity contribution in [3.63, 3.8) is 0 Å². The normalized spacial score (nSPS) is 19.2. The quantitative estimate of drug-likeness (QED) is 0.209. The molecule has 1 amide bonds. The van der Waals surface area contributed by atoms with Crippen molar-refractivity contribution in [3.8, 4) is 17.2 Å². The number of hydrogen-bond donors (Lipinski definition) is 3. The van der Waals surface area contributed by atoms with E-state index in [-0.39, 0.29) is 36.6 Å². The Kier molecular flexibility index (Phi) is 12.4. The van der Waals surface area contributed by atoms with E-state index >= 15 is 0 Å². The maximum Gasteiger partial charge on any atom is 0.490 e. The number of carbonyl (C=O) groups is 3. The molecule has 270 valence electrons.